The lowest BCUT2D eigenvalue weighted by atomic mass is 10.1. The van der Waals surface area contributed by atoms with Crippen LogP contribution in [0, 0.1) is 6.92 Å². The zero-order valence-corrected chi connectivity index (χ0v) is 16.1. The average Bonchev–Trinajstić information content (AvgIpc) is 2.68. The average molecular weight is 367 g/mol. The molecule has 0 aliphatic carbocycles. The Morgan fingerprint density at radius 2 is 1.78 bits per heavy atom. The van der Waals surface area contributed by atoms with Crippen LogP contribution in [0.2, 0.25) is 0 Å². The summed E-state index contributed by atoms with van der Waals surface area (Å²) in [5.74, 6) is -0.0587. The first-order chi connectivity index (χ1) is 13.1. The third-order valence-corrected chi connectivity index (χ3v) is 5.18. The number of amides is 1. The van der Waals surface area contributed by atoms with E-state index in [4.69, 9.17) is 0 Å². The molecule has 0 unspecified atom stereocenters. The van der Waals surface area contributed by atoms with E-state index in [0.717, 1.165) is 18.7 Å². The number of aryl methyl sites for hydroxylation is 1. The number of likely N-dealkylation sites (tertiary alicyclic amines) is 1. The van der Waals surface area contributed by atoms with Crippen molar-refractivity contribution < 1.29 is 4.79 Å². The molecule has 2 heterocycles. The van der Waals surface area contributed by atoms with E-state index in [9.17, 15) is 9.59 Å². The lowest BCUT2D eigenvalue weighted by Gasteiger charge is -2.26. The quantitative estimate of drug-likeness (QED) is 0.766. The van der Waals surface area contributed by atoms with Gasteiger partial charge in [-0.1, -0.05) is 24.6 Å². The lowest BCUT2D eigenvalue weighted by molar-refractivity contribution is 0.0952. The van der Waals surface area contributed by atoms with E-state index in [0.29, 0.717) is 18.7 Å². The van der Waals surface area contributed by atoms with E-state index in [2.05, 4.69) is 22.3 Å². The summed E-state index contributed by atoms with van der Waals surface area (Å²) < 4.78 is 1.74. The third-order valence-electron chi connectivity index (χ3n) is 5.18. The summed E-state index contributed by atoms with van der Waals surface area (Å²) in [6, 6.07) is 13.2. The molecule has 5 heteroatoms. The lowest BCUT2D eigenvalue weighted by Crippen LogP contribution is -2.29. The van der Waals surface area contributed by atoms with Crippen molar-refractivity contribution >= 4 is 5.91 Å². The first kappa shape index (κ1) is 19.4. The Labute approximate surface area is 161 Å². The van der Waals surface area contributed by atoms with Crippen molar-refractivity contribution in [3.63, 3.8) is 0 Å². The molecule has 1 amide bonds. The molecule has 0 atom stereocenters. The van der Waals surface area contributed by atoms with Gasteiger partial charge in [-0.05, 0) is 63.0 Å². The highest BCUT2D eigenvalue weighted by molar-refractivity contribution is 5.94. The number of piperidine rings is 1. The Morgan fingerprint density at radius 3 is 2.48 bits per heavy atom. The van der Waals surface area contributed by atoms with Gasteiger partial charge in [0.25, 0.3) is 11.5 Å². The molecular weight excluding hydrogens is 338 g/mol. The molecule has 2 aromatic rings. The molecule has 1 aliphatic rings. The van der Waals surface area contributed by atoms with Gasteiger partial charge in [0.2, 0.25) is 0 Å². The number of nitrogens with one attached hydrogen (secondary N) is 1. The second-order valence-corrected chi connectivity index (χ2v) is 7.30. The number of aromatic nitrogens is 1. The summed E-state index contributed by atoms with van der Waals surface area (Å²) in [5, 5.41) is 2.94. The zero-order valence-electron chi connectivity index (χ0n) is 16.1. The maximum atomic E-state index is 12.3. The molecule has 1 aromatic carbocycles. The molecule has 1 saturated heterocycles. The van der Waals surface area contributed by atoms with Crippen molar-refractivity contribution in [2.24, 2.45) is 0 Å². The van der Waals surface area contributed by atoms with E-state index >= 15 is 0 Å². The van der Waals surface area contributed by atoms with Crippen LogP contribution in [0.25, 0.3) is 0 Å². The Hall–Kier alpha value is -2.40. The molecule has 1 N–H and O–H groups in total. The van der Waals surface area contributed by atoms with Gasteiger partial charge in [-0.2, -0.15) is 0 Å². The Bertz CT molecular complexity index is 805. The number of nitrogens with zero attached hydrogens (tertiary/aromatic N) is 2. The normalized spacial score (nSPS) is 14.9. The van der Waals surface area contributed by atoms with Crippen LogP contribution in [0.15, 0.2) is 47.3 Å². The molecule has 0 radical (unpaired) electrons. The van der Waals surface area contributed by atoms with Crippen LogP contribution in [0.4, 0.5) is 0 Å². The van der Waals surface area contributed by atoms with E-state index in [1.54, 1.807) is 16.7 Å². The van der Waals surface area contributed by atoms with Crippen molar-refractivity contribution in [1.29, 1.82) is 0 Å². The molecule has 0 saturated carbocycles. The SMILES string of the molecule is Cc1cccc(=O)n1CCCNC(=O)c1ccc(CN2CCCCC2)cc1. The smallest absolute Gasteiger partial charge is 0.251 e. The standard InChI is InChI=1S/C22H29N3O2/c1-18-7-5-8-21(26)25(18)16-6-13-23-22(27)20-11-9-19(10-12-20)17-24-14-3-2-4-15-24/h5,7-12H,2-4,6,13-17H2,1H3,(H,23,27). The highest BCUT2D eigenvalue weighted by Crippen LogP contribution is 2.13. The first-order valence-electron chi connectivity index (χ1n) is 9.89. The van der Waals surface area contributed by atoms with Gasteiger partial charge in [0.15, 0.2) is 0 Å². The number of hydrogen-bond acceptors (Lipinski definition) is 3. The number of hydrogen-bond donors (Lipinski definition) is 1. The van der Waals surface area contributed by atoms with E-state index in [-0.39, 0.29) is 11.5 Å². The molecule has 1 aliphatic heterocycles. The Morgan fingerprint density at radius 1 is 1.04 bits per heavy atom. The van der Waals surface area contributed by atoms with Crippen LogP contribution in [0.1, 0.15) is 47.3 Å². The van der Waals surface area contributed by atoms with Crippen LogP contribution >= 0.6 is 0 Å². The largest absolute Gasteiger partial charge is 0.352 e. The van der Waals surface area contributed by atoms with E-state index < -0.39 is 0 Å². The monoisotopic (exact) mass is 367 g/mol. The van der Waals surface area contributed by atoms with Gasteiger partial charge in [0.05, 0.1) is 0 Å². The molecular formula is C22H29N3O2. The van der Waals surface area contributed by atoms with Gasteiger partial charge in [-0.15, -0.1) is 0 Å². The summed E-state index contributed by atoms with van der Waals surface area (Å²) in [7, 11) is 0. The number of benzene rings is 1. The molecule has 0 spiro atoms. The highest BCUT2D eigenvalue weighted by Gasteiger charge is 2.11. The topological polar surface area (TPSA) is 54.3 Å². The maximum absolute atomic E-state index is 12.3. The highest BCUT2D eigenvalue weighted by atomic mass is 16.1. The predicted molar refractivity (Wildman–Crippen MR) is 108 cm³/mol. The minimum atomic E-state index is -0.0587. The molecule has 5 nitrogen and oxygen atoms in total. The number of rotatable bonds is 7. The van der Waals surface area contributed by atoms with E-state index in [1.165, 1.54) is 37.9 Å². The summed E-state index contributed by atoms with van der Waals surface area (Å²) in [6.07, 6.45) is 4.64. The second kappa shape index (κ2) is 9.51. The van der Waals surface area contributed by atoms with Gasteiger partial charge in [-0.25, -0.2) is 0 Å². The van der Waals surface area contributed by atoms with E-state index in [1.807, 2.05) is 25.1 Å². The van der Waals surface area contributed by atoms with Crippen LogP contribution in [-0.2, 0) is 13.1 Å². The molecule has 3 rings (SSSR count). The molecule has 27 heavy (non-hydrogen) atoms. The number of carbonyl (C=O) groups excluding carboxylic acids is 1. The minimum Gasteiger partial charge on any atom is -0.352 e. The maximum Gasteiger partial charge on any atom is 0.251 e. The summed E-state index contributed by atoms with van der Waals surface area (Å²) >= 11 is 0. The summed E-state index contributed by atoms with van der Waals surface area (Å²) in [6.45, 7) is 6.40. The van der Waals surface area contributed by atoms with Gasteiger partial charge in [-0.3, -0.25) is 14.5 Å². The fourth-order valence-corrected chi connectivity index (χ4v) is 3.59. The van der Waals surface area contributed by atoms with Crippen LogP contribution in [0.3, 0.4) is 0 Å². The van der Waals surface area contributed by atoms with Gasteiger partial charge in [0.1, 0.15) is 0 Å². The van der Waals surface area contributed by atoms with Gasteiger partial charge in [0, 0.05) is 37.0 Å². The van der Waals surface area contributed by atoms with Crippen LogP contribution in [-0.4, -0.2) is 35.0 Å². The second-order valence-electron chi connectivity index (χ2n) is 7.30. The van der Waals surface area contributed by atoms with Crippen molar-refractivity contribution in [3.8, 4) is 0 Å². The fraction of sp³-hybridized carbons (Fsp3) is 0.455. The molecule has 0 bridgehead atoms. The third kappa shape index (κ3) is 5.54. The Kier molecular flexibility index (Phi) is 6.82. The van der Waals surface area contributed by atoms with Gasteiger partial charge >= 0.3 is 0 Å². The van der Waals surface area contributed by atoms with Crippen molar-refractivity contribution in [2.75, 3.05) is 19.6 Å². The summed E-state index contributed by atoms with van der Waals surface area (Å²) in [5.41, 5.74) is 2.89. The van der Waals surface area contributed by atoms with Crippen molar-refractivity contribution in [3.05, 3.63) is 69.6 Å². The van der Waals surface area contributed by atoms with Crippen LogP contribution in [0.5, 0.6) is 0 Å². The van der Waals surface area contributed by atoms with Crippen LogP contribution < -0.4 is 10.9 Å². The number of pyridine rings is 1. The molecule has 1 aromatic heterocycles. The molecule has 144 valence electrons. The minimum absolute atomic E-state index is 0.00520. The van der Waals surface area contributed by atoms with Crippen molar-refractivity contribution in [1.82, 2.24) is 14.8 Å². The fourth-order valence-electron chi connectivity index (χ4n) is 3.59. The van der Waals surface area contributed by atoms with Gasteiger partial charge < -0.3 is 9.88 Å². The number of carbonyl (C=O) groups is 1. The van der Waals surface area contributed by atoms with Crippen molar-refractivity contribution in [2.45, 2.75) is 45.7 Å². The predicted octanol–water partition coefficient (Wildman–Crippen LogP) is 2.96. The Balaban J connectivity index is 1.44. The first-order valence-corrected chi connectivity index (χ1v) is 9.89. The molecule has 1 fully saturated rings. The summed E-state index contributed by atoms with van der Waals surface area (Å²) in [4.78, 5) is 26.6. The zero-order chi connectivity index (χ0) is 19.1.